The summed E-state index contributed by atoms with van der Waals surface area (Å²) in [4.78, 5) is 30.4. The molecule has 0 bridgehead atoms. The Kier molecular flexibility index (Phi) is 6.77. The van der Waals surface area contributed by atoms with E-state index < -0.39 is 0 Å². The summed E-state index contributed by atoms with van der Waals surface area (Å²) >= 11 is 0. The van der Waals surface area contributed by atoms with Crippen LogP contribution >= 0.6 is 0 Å². The van der Waals surface area contributed by atoms with E-state index in [0.29, 0.717) is 12.3 Å². The summed E-state index contributed by atoms with van der Waals surface area (Å²) in [5.74, 6) is 1.62. The van der Waals surface area contributed by atoms with Crippen LogP contribution in [0.25, 0.3) is 0 Å². The fraction of sp³-hybridized carbons (Fsp3) is 0.480. The van der Waals surface area contributed by atoms with Crippen LogP contribution < -0.4 is 5.32 Å². The molecule has 2 heterocycles. The van der Waals surface area contributed by atoms with Crippen LogP contribution in [0.4, 0.5) is 0 Å². The third-order valence-corrected chi connectivity index (χ3v) is 6.30. The zero-order valence-corrected chi connectivity index (χ0v) is 17.6. The van der Waals surface area contributed by atoms with Crippen molar-refractivity contribution in [3.8, 4) is 0 Å². The second-order valence-electron chi connectivity index (χ2n) is 8.74. The number of piperidine rings is 1. The first kappa shape index (κ1) is 20.6. The van der Waals surface area contributed by atoms with Gasteiger partial charge in [-0.05, 0) is 73.6 Å². The SMILES string of the molecule is O=C(CCc1ccc(CC2CCN(C(=O)c3ccncc3)CC2)cc1)NCC1CC1. The molecular weight excluding hydrogens is 374 g/mol. The Morgan fingerprint density at radius 1 is 0.900 bits per heavy atom. The zero-order valence-electron chi connectivity index (χ0n) is 17.6. The number of hydrogen-bond donors (Lipinski definition) is 1. The highest BCUT2D eigenvalue weighted by atomic mass is 16.2. The maximum Gasteiger partial charge on any atom is 0.253 e. The van der Waals surface area contributed by atoms with Gasteiger partial charge in [0, 0.05) is 44.0 Å². The van der Waals surface area contributed by atoms with E-state index in [1.807, 2.05) is 4.90 Å². The van der Waals surface area contributed by atoms with Gasteiger partial charge in [0.2, 0.25) is 5.91 Å². The number of amides is 2. The van der Waals surface area contributed by atoms with E-state index in [1.54, 1.807) is 24.5 Å². The molecule has 1 saturated carbocycles. The first-order chi connectivity index (χ1) is 14.7. The third-order valence-electron chi connectivity index (χ3n) is 6.30. The van der Waals surface area contributed by atoms with Gasteiger partial charge in [0.05, 0.1) is 0 Å². The van der Waals surface area contributed by atoms with Gasteiger partial charge >= 0.3 is 0 Å². The quantitative estimate of drug-likeness (QED) is 0.729. The van der Waals surface area contributed by atoms with Crippen molar-refractivity contribution in [3.63, 3.8) is 0 Å². The molecule has 2 aliphatic rings. The number of pyridine rings is 1. The molecule has 2 aromatic rings. The van der Waals surface area contributed by atoms with E-state index in [-0.39, 0.29) is 11.8 Å². The highest BCUT2D eigenvalue weighted by molar-refractivity contribution is 5.94. The van der Waals surface area contributed by atoms with Gasteiger partial charge in [-0.2, -0.15) is 0 Å². The smallest absolute Gasteiger partial charge is 0.253 e. The van der Waals surface area contributed by atoms with Crippen LogP contribution in [-0.2, 0) is 17.6 Å². The third kappa shape index (κ3) is 5.91. The molecule has 2 fully saturated rings. The van der Waals surface area contributed by atoms with Crippen molar-refractivity contribution in [2.75, 3.05) is 19.6 Å². The molecule has 158 valence electrons. The lowest BCUT2D eigenvalue weighted by molar-refractivity contribution is -0.121. The summed E-state index contributed by atoms with van der Waals surface area (Å²) in [7, 11) is 0. The van der Waals surface area contributed by atoms with Crippen LogP contribution in [0.3, 0.4) is 0 Å². The molecule has 4 rings (SSSR count). The minimum Gasteiger partial charge on any atom is -0.356 e. The van der Waals surface area contributed by atoms with E-state index in [1.165, 1.54) is 24.0 Å². The van der Waals surface area contributed by atoms with Gasteiger partial charge in [0.25, 0.3) is 5.91 Å². The van der Waals surface area contributed by atoms with Gasteiger partial charge in [0.1, 0.15) is 0 Å². The van der Waals surface area contributed by atoms with Crippen molar-refractivity contribution >= 4 is 11.8 Å². The van der Waals surface area contributed by atoms with Crippen molar-refractivity contribution in [1.82, 2.24) is 15.2 Å². The number of likely N-dealkylation sites (tertiary alicyclic amines) is 1. The first-order valence-electron chi connectivity index (χ1n) is 11.2. The molecule has 1 N–H and O–H groups in total. The van der Waals surface area contributed by atoms with Crippen molar-refractivity contribution < 1.29 is 9.59 Å². The second kappa shape index (κ2) is 9.88. The van der Waals surface area contributed by atoms with E-state index in [4.69, 9.17) is 0 Å². The minimum atomic E-state index is 0.112. The van der Waals surface area contributed by atoms with Crippen molar-refractivity contribution in [2.45, 2.75) is 44.9 Å². The summed E-state index contributed by atoms with van der Waals surface area (Å²) in [6.07, 6.45) is 10.4. The zero-order chi connectivity index (χ0) is 20.8. The number of nitrogens with one attached hydrogen (secondary N) is 1. The summed E-state index contributed by atoms with van der Waals surface area (Å²) in [6, 6.07) is 12.3. The molecule has 0 radical (unpaired) electrons. The lowest BCUT2D eigenvalue weighted by Gasteiger charge is -2.32. The number of carbonyl (C=O) groups excluding carboxylic acids is 2. The fourth-order valence-electron chi connectivity index (χ4n) is 4.12. The largest absolute Gasteiger partial charge is 0.356 e. The minimum absolute atomic E-state index is 0.112. The molecule has 5 nitrogen and oxygen atoms in total. The van der Waals surface area contributed by atoms with Crippen molar-refractivity contribution in [3.05, 3.63) is 65.5 Å². The summed E-state index contributed by atoms with van der Waals surface area (Å²) in [5.41, 5.74) is 3.29. The molecule has 0 atom stereocenters. The molecule has 0 spiro atoms. The van der Waals surface area contributed by atoms with E-state index >= 15 is 0 Å². The van der Waals surface area contributed by atoms with E-state index in [0.717, 1.165) is 56.8 Å². The van der Waals surface area contributed by atoms with Gasteiger partial charge < -0.3 is 10.2 Å². The molecule has 5 heteroatoms. The molecule has 0 unspecified atom stereocenters. The van der Waals surface area contributed by atoms with Crippen LogP contribution in [0.2, 0.25) is 0 Å². The molecule has 1 aliphatic heterocycles. The van der Waals surface area contributed by atoms with Gasteiger partial charge in [-0.3, -0.25) is 14.6 Å². The highest BCUT2D eigenvalue weighted by Gasteiger charge is 2.24. The van der Waals surface area contributed by atoms with Gasteiger partial charge in [-0.1, -0.05) is 24.3 Å². The number of rotatable bonds is 8. The van der Waals surface area contributed by atoms with Crippen LogP contribution in [0.1, 0.15) is 53.6 Å². The van der Waals surface area contributed by atoms with Gasteiger partial charge in [-0.25, -0.2) is 0 Å². The molecule has 1 aromatic heterocycles. The van der Waals surface area contributed by atoms with Crippen LogP contribution in [-0.4, -0.2) is 41.3 Å². The Morgan fingerprint density at radius 2 is 1.57 bits per heavy atom. The summed E-state index contributed by atoms with van der Waals surface area (Å²) in [5, 5.41) is 3.03. The lowest BCUT2D eigenvalue weighted by atomic mass is 9.89. The molecular formula is C25H31N3O2. The Morgan fingerprint density at radius 3 is 2.23 bits per heavy atom. The van der Waals surface area contributed by atoms with Crippen LogP contribution in [0.5, 0.6) is 0 Å². The number of hydrogen-bond acceptors (Lipinski definition) is 3. The number of aromatic nitrogens is 1. The Labute approximate surface area is 178 Å². The first-order valence-corrected chi connectivity index (χ1v) is 11.2. The molecule has 1 aliphatic carbocycles. The molecule has 2 amide bonds. The fourth-order valence-corrected chi connectivity index (χ4v) is 4.12. The number of aryl methyl sites for hydroxylation is 1. The molecule has 1 aromatic carbocycles. The summed E-state index contributed by atoms with van der Waals surface area (Å²) < 4.78 is 0. The Bertz CT molecular complexity index is 838. The average molecular weight is 406 g/mol. The molecule has 30 heavy (non-hydrogen) atoms. The van der Waals surface area contributed by atoms with Crippen molar-refractivity contribution in [2.24, 2.45) is 11.8 Å². The second-order valence-corrected chi connectivity index (χ2v) is 8.74. The van der Waals surface area contributed by atoms with Gasteiger partial charge in [-0.15, -0.1) is 0 Å². The monoisotopic (exact) mass is 405 g/mol. The average Bonchev–Trinajstić information content (AvgIpc) is 3.62. The maximum absolute atomic E-state index is 12.6. The highest BCUT2D eigenvalue weighted by Crippen LogP contribution is 2.27. The number of carbonyl (C=O) groups is 2. The normalized spacial score (nSPS) is 17.0. The number of nitrogens with zero attached hydrogens (tertiary/aromatic N) is 2. The predicted molar refractivity (Wildman–Crippen MR) is 117 cm³/mol. The number of benzene rings is 1. The van der Waals surface area contributed by atoms with Gasteiger partial charge in [0.15, 0.2) is 0 Å². The Balaban J connectivity index is 1.18. The molecule has 1 saturated heterocycles. The standard InChI is InChI=1S/C25H31N3O2/c29-24(27-18-22-5-6-22)8-7-19-1-3-20(4-2-19)17-21-11-15-28(16-12-21)25(30)23-9-13-26-14-10-23/h1-4,9-10,13-14,21-22H,5-8,11-12,15-18H2,(H,27,29). The lowest BCUT2D eigenvalue weighted by Crippen LogP contribution is -2.38. The van der Waals surface area contributed by atoms with E-state index in [2.05, 4.69) is 34.6 Å². The predicted octanol–water partition coefficient (Wildman–Crippen LogP) is 3.64. The summed E-state index contributed by atoms with van der Waals surface area (Å²) in [6.45, 7) is 2.49. The van der Waals surface area contributed by atoms with Crippen molar-refractivity contribution in [1.29, 1.82) is 0 Å². The van der Waals surface area contributed by atoms with Crippen LogP contribution in [0.15, 0.2) is 48.8 Å². The van der Waals surface area contributed by atoms with E-state index in [9.17, 15) is 9.59 Å². The Hall–Kier alpha value is -2.69. The maximum atomic E-state index is 12.6. The topological polar surface area (TPSA) is 62.3 Å². The van der Waals surface area contributed by atoms with Crippen LogP contribution in [0, 0.1) is 11.8 Å².